The number of hydrogen-bond donors (Lipinski definition) is 2. The molecule has 5 rings (SSSR count). The summed E-state index contributed by atoms with van der Waals surface area (Å²) in [7, 11) is -3.82. The smallest absolute Gasteiger partial charge is 0.242 e. The summed E-state index contributed by atoms with van der Waals surface area (Å²) in [6.07, 6.45) is 4.95. The lowest BCUT2D eigenvalue weighted by Gasteiger charge is -2.31. The maximum Gasteiger partial charge on any atom is 0.242 e. The third-order valence-electron chi connectivity index (χ3n) is 5.96. The van der Waals surface area contributed by atoms with Gasteiger partial charge in [-0.3, -0.25) is 9.78 Å². The van der Waals surface area contributed by atoms with Crippen LogP contribution in [0.15, 0.2) is 41.6 Å². The minimum absolute atomic E-state index is 0.0913. The second-order valence-electron chi connectivity index (χ2n) is 9.09. The second kappa shape index (κ2) is 8.65. The van der Waals surface area contributed by atoms with Crippen LogP contribution >= 0.6 is 11.3 Å². The standard InChI is InChI=1S/C23H26N4O5S2/c1-13(28)25-22-26-17-8-7-14(10-20(17)33-22)15-9-16(12-24-11-15)34(29,30)27-18-5-4-6-19-21(18)32-23(2,3)31-19/h7-12,18-19,21,27H,4-6H2,1-3H3,(H,25,26,28)/t18-,19-,21+/m0/s1. The minimum atomic E-state index is -3.82. The van der Waals surface area contributed by atoms with E-state index in [2.05, 4.69) is 20.0 Å². The van der Waals surface area contributed by atoms with E-state index >= 15 is 0 Å². The highest BCUT2D eigenvalue weighted by molar-refractivity contribution is 7.89. The normalized spacial score (nSPS) is 24.1. The molecule has 2 aliphatic rings. The predicted octanol–water partition coefficient (Wildman–Crippen LogP) is 3.67. The number of pyridine rings is 1. The molecule has 9 nitrogen and oxygen atoms in total. The van der Waals surface area contributed by atoms with Crippen LogP contribution in [0.3, 0.4) is 0 Å². The molecule has 3 aromatic rings. The fraction of sp³-hybridized carbons (Fsp3) is 0.435. The Morgan fingerprint density at radius 3 is 2.76 bits per heavy atom. The van der Waals surface area contributed by atoms with Gasteiger partial charge < -0.3 is 14.8 Å². The van der Waals surface area contributed by atoms with E-state index in [0.717, 1.165) is 28.6 Å². The number of hydrogen-bond acceptors (Lipinski definition) is 8. The maximum atomic E-state index is 13.3. The SMILES string of the molecule is CC(=O)Nc1nc2ccc(-c3cncc(S(=O)(=O)N[C@H]4CCC[C@@H]5OC(C)(C)O[C@H]45)c3)cc2s1. The van der Waals surface area contributed by atoms with E-state index in [1.54, 1.807) is 12.3 Å². The van der Waals surface area contributed by atoms with Gasteiger partial charge in [0.2, 0.25) is 15.9 Å². The summed E-state index contributed by atoms with van der Waals surface area (Å²) >= 11 is 1.36. The van der Waals surface area contributed by atoms with Crippen molar-refractivity contribution in [1.29, 1.82) is 0 Å². The molecule has 3 heterocycles. The van der Waals surface area contributed by atoms with E-state index in [1.165, 1.54) is 24.5 Å². The summed E-state index contributed by atoms with van der Waals surface area (Å²) in [4.78, 5) is 20.0. The van der Waals surface area contributed by atoms with Crippen molar-refractivity contribution in [1.82, 2.24) is 14.7 Å². The first kappa shape index (κ1) is 23.3. The average Bonchev–Trinajstić information content (AvgIpc) is 3.31. The molecule has 0 unspecified atom stereocenters. The number of carbonyl (C=O) groups excluding carboxylic acids is 1. The van der Waals surface area contributed by atoms with E-state index in [-0.39, 0.29) is 29.1 Å². The third-order valence-corrected chi connectivity index (χ3v) is 8.35. The number of carbonyl (C=O) groups is 1. The van der Waals surface area contributed by atoms with Crippen LogP contribution in [0.2, 0.25) is 0 Å². The molecule has 1 saturated heterocycles. The molecular formula is C23H26N4O5S2. The molecule has 0 radical (unpaired) electrons. The van der Waals surface area contributed by atoms with Gasteiger partial charge in [0.15, 0.2) is 10.9 Å². The Balaban J connectivity index is 1.39. The van der Waals surface area contributed by atoms with Crippen LogP contribution in [0.4, 0.5) is 5.13 Å². The zero-order valence-electron chi connectivity index (χ0n) is 19.1. The maximum absolute atomic E-state index is 13.3. The average molecular weight is 503 g/mol. The topological polar surface area (TPSA) is 120 Å². The highest BCUT2D eigenvalue weighted by atomic mass is 32.2. The molecule has 3 atom stereocenters. The summed E-state index contributed by atoms with van der Waals surface area (Å²) in [5.74, 6) is -0.906. The van der Waals surface area contributed by atoms with Gasteiger partial charge >= 0.3 is 0 Å². The quantitative estimate of drug-likeness (QED) is 0.546. The number of amides is 1. The number of rotatable bonds is 5. The van der Waals surface area contributed by atoms with Gasteiger partial charge in [0, 0.05) is 24.9 Å². The Kier molecular flexibility index (Phi) is 5.93. The van der Waals surface area contributed by atoms with Crippen molar-refractivity contribution in [3.8, 4) is 11.1 Å². The van der Waals surface area contributed by atoms with Gasteiger partial charge in [0.05, 0.1) is 22.4 Å². The van der Waals surface area contributed by atoms with Gasteiger partial charge in [0.25, 0.3) is 0 Å². The molecule has 1 aliphatic carbocycles. The van der Waals surface area contributed by atoms with Gasteiger partial charge in [-0.15, -0.1) is 0 Å². The van der Waals surface area contributed by atoms with Crippen LogP contribution in [-0.2, 0) is 24.3 Å². The molecule has 2 N–H and O–H groups in total. The van der Waals surface area contributed by atoms with E-state index in [1.807, 2.05) is 32.0 Å². The summed E-state index contributed by atoms with van der Waals surface area (Å²) in [6.45, 7) is 5.13. The van der Waals surface area contributed by atoms with Crippen molar-refractivity contribution in [2.75, 3.05) is 5.32 Å². The van der Waals surface area contributed by atoms with Crippen LogP contribution in [0.1, 0.15) is 40.0 Å². The number of nitrogens with zero attached hydrogens (tertiary/aromatic N) is 2. The first-order valence-electron chi connectivity index (χ1n) is 11.1. The van der Waals surface area contributed by atoms with Crippen molar-refractivity contribution < 1.29 is 22.7 Å². The second-order valence-corrected chi connectivity index (χ2v) is 11.8. The zero-order valence-corrected chi connectivity index (χ0v) is 20.7. The van der Waals surface area contributed by atoms with Gasteiger partial charge in [-0.25, -0.2) is 18.1 Å². The number of ether oxygens (including phenoxy) is 2. The zero-order chi connectivity index (χ0) is 24.1. The Bertz CT molecular complexity index is 1350. The van der Waals surface area contributed by atoms with Gasteiger partial charge in [-0.2, -0.15) is 0 Å². The number of fused-ring (bicyclic) bond motifs is 2. The molecular weight excluding hydrogens is 476 g/mol. The Hall–Kier alpha value is -2.44. The summed E-state index contributed by atoms with van der Waals surface area (Å²) in [5, 5.41) is 3.21. The van der Waals surface area contributed by atoms with Gasteiger partial charge in [0.1, 0.15) is 11.0 Å². The Morgan fingerprint density at radius 1 is 1.15 bits per heavy atom. The number of nitrogens with one attached hydrogen (secondary N) is 2. The van der Waals surface area contributed by atoms with Crippen LogP contribution in [0.5, 0.6) is 0 Å². The highest BCUT2D eigenvalue weighted by Gasteiger charge is 2.47. The predicted molar refractivity (Wildman–Crippen MR) is 129 cm³/mol. The number of anilines is 1. The van der Waals surface area contributed by atoms with Crippen molar-refractivity contribution in [2.24, 2.45) is 0 Å². The molecule has 1 saturated carbocycles. The number of benzene rings is 1. The van der Waals surface area contributed by atoms with E-state index in [9.17, 15) is 13.2 Å². The van der Waals surface area contributed by atoms with E-state index < -0.39 is 15.8 Å². The van der Waals surface area contributed by atoms with Crippen LogP contribution in [-0.4, -0.2) is 48.3 Å². The summed E-state index contributed by atoms with van der Waals surface area (Å²) in [5.41, 5.74) is 2.23. The monoisotopic (exact) mass is 502 g/mol. The van der Waals surface area contributed by atoms with Crippen molar-refractivity contribution in [3.05, 3.63) is 36.7 Å². The molecule has 1 amide bonds. The largest absolute Gasteiger partial charge is 0.345 e. The van der Waals surface area contributed by atoms with Crippen molar-refractivity contribution >= 4 is 42.6 Å². The lowest BCUT2D eigenvalue weighted by atomic mass is 9.91. The molecule has 34 heavy (non-hydrogen) atoms. The van der Waals surface area contributed by atoms with E-state index in [4.69, 9.17) is 9.47 Å². The van der Waals surface area contributed by atoms with Crippen LogP contribution in [0.25, 0.3) is 21.3 Å². The number of thiazole rings is 1. The summed E-state index contributed by atoms with van der Waals surface area (Å²) in [6, 6.07) is 6.86. The van der Waals surface area contributed by atoms with Crippen LogP contribution < -0.4 is 10.0 Å². The lowest BCUT2D eigenvalue weighted by molar-refractivity contribution is -0.146. The van der Waals surface area contributed by atoms with Crippen molar-refractivity contribution in [2.45, 2.75) is 69.0 Å². The molecule has 0 bridgehead atoms. The first-order chi connectivity index (χ1) is 16.1. The molecule has 2 fully saturated rings. The van der Waals surface area contributed by atoms with Crippen LogP contribution in [0, 0.1) is 0 Å². The molecule has 180 valence electrons. The molecule has 1 aliphatic heterocycles. The minimum Gasteiger partial charge on any atom is -0.345 e. The molecule has 1 aromatic carbocycles. The lowest BCUT2D eigenvalue weighted by Crippen LogP contribution is -2.49. The highest BCUT2D eigenvalue weighted by Crippen LogP contribution is 2.37. The molecule has 2 aromatic heterocycles. The summed E-state index contributed by atoms with van der Waals surface area (Å²) < 4.78 is 42.2. The van der Waals surface area contributed by atoms with E-state index in [0.29, 0.717) is 17.1 Å². The Labute approximate surface area is 202 Å². The van der Waals surface area contributed by atoms with Gasteiger partial charge in [-0.1, -0.05) is 17.4 Å². The van der Waals surface area contributed by atoms with Crippen molar-refractivity contribution in [3.63, 3.8) is 0 Å². The van der Waals surface area contributed by atoms with Gasteiger partial charge in [-0.05, 0) is 56.9 Å². The molecule has 11 heteroatoms. The first-order valence-corrected chi connectivity index (χ1v) is 13.4. The number of sulfonamides is 1. The fourth-order valence-electron chi connectivity index (χ4n) is 4.56. The Morgan fingerprint density at radius 2 is 1.97 bits per heavy atom. The number of aromatic nitrogens is 2. The molecule has 0 spiro atoms. The third kappa shape index (κ3) is 4.71. The fourth-order valence-corrected chi connectivity index (χ4v) is 6.78.